The molecule has 4 rings (SSSR count). The van der Waals surface area contributed by atoms with Crippen LogP contribution in [0, 0.1) is 5.82 Å². The molecule has 25 heavy (non-hydrogen) atoms. The Bertz CT molecular complexity index is 851. The standard InChI is InChI=1S/C15H15FN4O4S/c16-9-5-8(20-7-10(13(17)21)24-15(20)22)6-11-12(9)18-14(25-11)19-1-3-23-4-2-19/h5-6,10H,1-4,7H2,(H2,17,21)/t10-/m1/s1. The van der Waals surface area contributed by atoms with Gasteiger partial charge in [-0.05, 0) is 6.07 Å². The summed E-state index contributed by atoms with van der Waals surface area (Å²) in [5, 5.41) is 0.716. The van der Waals surface area contributed by atoms with E-state index >= 15 is 0 Å². The lowest BCUT2D eigenvalue weighted by Crippen LogP contribution is -2.36. The number of cyclic esters (lactones) is 1. The van der Waals surface area contributed by atoms with Crippen LogP contribution in [0.2, 0.25) is 0 Å². The van der Waals surface area contributed by atoms with Crippen LogP contribution in [-0.2, 0) is 14.3 Å². The van der Waals surface area contributed by atoms with Crippen molar-refractivity contribution >= 4 is 44.4 Å². The molecular weight excluding hydrogens is 351 g/mol. The van der Waals surface area contributed by atoms with Crippen LogP contribution in [0.25, 0.3) is 10.2 Å². The molecule has 3 heterocycles. The fourth-order valence-corrected chi connectivity index (χ4v) is 3.90. The number of thiazole rings is 1. The topological polar surface area (TPSA) is 98.0 Å². The second-order valence-electron chi connectivity index (χ2n) is 5.76. The van der Waals surface area contributed by atoms with E-state index in [0.29, 0.717) is 41.8 Å². The number of primary amides is 1. The largest absolute Gasteiger partial charge is 0.434 e. The maximum atomic E-state index is 14.5. The molecule has 2 aliphatic rings. The molecule has 0 aliphatic carbocycles. The predicted molar refractivity (Wildman–Crippen MR) is 89.4 cm³/mol. The van der Waals surface area contributed by atoms with E-state index < -0.39 is 23.9 Å². The van der Waals surface area contributed by atoms with Gasteiger partial charge in [0.15, 0.2) is 17.1 Å². The van der Waals surface area contributed by atoms with Gasteiger partial charge in [-0.25, -0.2) is 14.2 Å². The third-order valence-corrected chi connectivity index (χ3v) is 5.21. The smallest absolute Gasteiger partial charge is 0.415 e. The van der Waals surface area contributed by atoms with Gasteiger partial charge < -0.3 is 20.1 Å². The minimum absolute atomic E-state index is 0.0335. The van der Waals surface area contributed by atoms with Gasteiger partial charge in [0, 0.05) is 19.2 Å². The number of halogens is 1. The number of carbonyl (C=O) groups excluding carboxylic acids is 2. The normalized spacial score (nSPS) is 21.0. The first kappa shape index (κ1) is 16.0. The average molecular weight is 366 g/mol. The van der Waals surface area contributed by atoms with Gasteiger partial charge in [0.05, 0.1) is 30.1 Å². The quantitative estimate of drug-likeness (QED) is 0.873. The number of aromatic nitrogens is 1. The van der Waals surface area contributed by atoms with Crippen LogP contribution in [0.3, 0.4) is 0 Å². The molecule has 1 atom stereocenters. The fraction of sp³-hybridized carbons (Fsp3) is 0.400. The summed E-state index contributed by atoms with van der Waals surface area (Å²) in [6.07, 6.45) is -1.75. The van der Waals surface area contributed by atoms with Crippen molar-refractivity contribution in [1.29, 1.82) is 0 Å². The van der Waals surface area contributed by atoms with Crippen molar-refractivity contribution in [1.82, 2.24) is 4.98 Å². The van der Waals surface area contributed by atoms with Crippen molar-refractivity contribution in [2.75, 3.05) is 42.6 Å². The number of rotatable bonds is 3. The molecule has 10 heteroatoms. The van der Waals surface area contributed by atoms with Gasteiger partial charge in [0.2, 0.25) is 0 Å². The first-order chi connectivity index (χ1) is 12.0. The summed E-state index contributed by atoms with van der Waals surface area (Å²) < 4.78 is 25.3. The molecule has 0 unspecified atom stereocenters. The third-order valence-electron chi connectivity index (χ3n) is 4.14. The predicted octanol–water partition coefficient (Wildman–Crippen LogP) is 1.08. The average Bonchev–Trinajstić information content (AvgIpc) is 3.19. The van der Waals surface area contributed by atoms with Gasteiger partial charge in [-0.15, -0.1) is 0 Å². The van der Waals surface area contributed by atoms with Crippen LogP contribution < -0.4 is 15.5 Å². The molecule has 2 aromatic rings. The van der Waals surface area contributed by atoms with Gasteiger partial charge >= 0.3 is 6.09 Å². The summed E-state index contributed by atoms with van der Waals surface area (Å²) in [6, 6.07) is 2.89. The Labute approximate surface area is 145 Å². The summed E-state index contributed by atoms with van der Waals surface area (Å²) in [6.45, 7) is 2.59. The molecule has 2 aliphatic heterocycles. The summed E-state index contributed by atoms with van der Waals surface area (Å²) in [5.74, 6) is -1.26. The van der Waals surface area contributed by atoms with Crippen LogP contribution in [0.15, 0.2) is 12.1 Å². The van der Waals surface area contributed by atoms with E-state index in [4.69, 9.17) is 15.2 Å². The zero-order valence-corrected chi connectivity index (χ0v) is 13.9. The van der Waals surface area contributed by atoms with E-state index in [1.807, 2.05) is 4.90 Å². The minimum atomic E-state index is -1.03. The number of morpholine rings is 1. The zero-order valence-electron chi connectivity index (χ0n) is 13.1. The number of anilines is 2. The van der Waals surface area contributed by atoms with E-state index in [9.17, 15) is 14.0 Å². The molecule has 2 N–H and O–H groups in total. The molecule has 1 aromatic carbocycles. The Morgan fingerprint density at radius 1 is 1.36 bits per heavy atom. The van der Waals surface area contributed by atoms with Crippen LogP contribution >= 0.6 is 11.3 Å². The number of hydrogen-bond acceptors (Lipinski definition) is 7. The summed E-state index contributed by atoms with van der Waals surface area (Å²) in [7, 11) is 0. The van der Waals surface area contributed by atoms with Crippen molar-refractivity contribution in [2.24, 2.45) is 5.73 Å². The summed E-state index contributed by atoms with van der Waals surface area (Å²) in [4.78, 5) is 30.7. The molecule has 2 amide bonds. The molecule has 0 bridgehead atoms. The Morgan fingerprint density at radius 3 is 2.80 bits per heavy atom. The lowest BCUT2D eigenvalue weighted by atomic mass is 10.2. The zero-order chi connectivity index (χ0) is 17.6. The SMILES string of the molecule is NC(=O)[C@H]1CN(c2cc(F)c3nc(N4CCOCC4)sc3c2)C(=O)O1. The van der Waals surface area contributed by atoms with Gasteiger partial charge in [0.1, 0.15) is 5.52 Å². The molecule has 2 fully saturated rings. The lowest BCUT2D eigenvalue weighted by molar-refractivity contribution is -0.124. The van der Waals surface area contributed by atoms with Crippen molar-refractivity contribution in [3.8, 4) is 0 Å². The molecule has 1 aromatic heterocycles. The number of benzene rings is 1. The molecule has 2 saturated heterocycles. The van der Waals surface area contributed by atoms with E-state index in [-0.39, 0.29) is 12.1 Å². The number of carbonyl (C=O) groups is 2. The Kier molecular flexibility index (Phi) is 3.92. The van der Waals surface area contributed by atoms with E-state index in [0.717, 1.165) is 0 Å². The second kappa shape index (κ2) is 6.12. The molecule has 0 spiro atoms. The summed E-state index contributed by atoms with van der Waals surface area (Å²) >= 11 is 1.35. The van der Waals surface area contributed by atoms with Gasteiger partial charge in [-0.1, -0.05) is 11.3 Å². The third kappa shape index (κ3) is 2.87. The van der Waals surface area contributed by atoms with Gasteiger partial charge in [-0.2, -0.15) is 0 Å². The number of nitrogens with two attached hydrogens (primary N) is 1. The first-order valence-corrected chi connectivity index (χ1v) is 8.55. The van der Waals surface area contributed by atoms with Crippen LogP contribution in [0.4, 0.5) is 20.0 Å². The van der Waals surface area contributed by atoms with Crippen LogP contribution in [-0.4, -0.2) is 55.9 Å². The monoisotopic (exact) mass is 366 g/mol. The Balaban J connectivity index is 1.67. The highest BCUT2D eigenvalue weighted by atomic mass is 32.1. The fourth-order valence-electron chi connectivity index (χ4n) is 2.83. The van der Waals surface area contributed by atoms with Crippen molar-refractivity contribution < 1.29 is 23.5 Å². The number of ether oxygens (including phenoxy) is 2. The molecule has 8 nitrogen and oxygen atoms in total. The number of amides is 2. The minimum Gasteiger partial charge on any atom is -0.434 e. The van der Waals surface area contributed by atoms with Gasteiger partial charge in [0.25, 0.3) is 5.91 Å². The number of hydrogen-bond donors (Lipinski definition) is 1. The van der Waals surface area contributed by atoms with Crippen molar-refractivity contribution in [2.45, 2.75) is 6.10 Å². The van der Waals surface area contributed by atoms with E-state index in [1.165, 1.54) is 22.3 Å². The molecule has 0 saturated carbocycles. The van der Waals surface area contributed by atoms with E-state index in [1.54, 1.807) is 6.07 Å². The number of fused-ring (bicyclic) bond motifs is 1. The van der Waals surface area contributed by atoms with Crippen LogP contribution in [0.5, 0.6) is 0 Å². The lowest BCUT2D eigenvalue weighted by Gasteiger charge is -2.25. The van der Waals surface area contributed by atoms with Crippen molar-refractivity contribution in [3.63, 3.8) is 0 Å². The van der Waals surface area contributed by atoms with E-state index in [2.05, 4.69) is 4.98 Å². The highest BCUT2D eigenvalue weighted by molar-refractivity contribution is 7.22. The maximum absolute atomic E-state index is 14.5. The molecule has 0 radical (unpaired) electrons. The first-order valence-electron chi connectivity index (χ1n) is 7.73. The second-order valence-corrected chi connectivity index (χ2v) is 6.76. The molecular formula is C15H15FN4O4S. The highest BCUT2D eigenvalue weighted by Crippen LogP contribution is 2.35. The summed E-state index contributed by atoms with van der Waals surface area (Å²) in [5.41, 5.74) is 5.74. The number of nitrogens with zero attached hydrogens (tertiary/aromatic N) is 3. The van der Waals surface area contributed by atoms with Crippen molar-refractivity contribution in [3.05, 3.63) is 17.9 Å². The molecule has 132 valence electrons. The van der Waals surface area contributed by atoms with Gasteiger partial charge in [-0.3, -0.25) is 9.69 Å². The highest BCUT2D eigenvalue weighted by Gasteiger charge is 2.36. The Hall–Kier alpha value is -2.46. The maximum Gasteiger partial charge on any atom is 0.415 e. The Morgan fingerprint density at radius 2 is 2.12 bits per heavy atom. The van der Waals surface area contributed by atoms with Crippen LogP contribution in [0.1, 0.15) is 0 Å².